The minimum absolute atomic E-state index is 0.0671. The molecule has 0 saturated carbocycles. The summed E-state index contributed by atoms with van der Waals surface area (Å²) in [6, 6.07) is 14.1. The fourth-order valence-corrected chi connectivity index (χ4v) is 6.29. The number of benzene rings is 2. The van der Waals surface area contributed by atoms with Crippen LogP contribution in [-0.2, 0) is 30.7 Å². The van der Waals surface area contributed by atoms with Gasteiger partial charge < -0.3 is 14.6 Å². The quantitative estimate of drug-likeness (QED) is 0.255. The Morgan fingerprint density at radius 3 is 2.63 bits per heavy atom. The molecule has 0 aliphatic heterocycles. The first-order valence-electron chi connectivity index (χ1n) is 10.9. The third-order valence-corrected chi connectivity index (χ3v) is 8.28. The van der Waals surface area contributed by atoms with Crippen molar-refractivity contribution in [1.82, 2.24) is 9.55 Å². The SMILES string of the molecule is C#CCn1c(=NC(=O)CS(=O)(=O)CC(=O)Nc2nc(-c3ccccc3)cs2)sc2cc(C(=O)OC)ccc21. The number of carbonyl (C=O) groups is 3. The van der Waals surface area contributed by atoms with Crippen molar-refractivity contribution in [2.24, 2.45) is 4.99 Å². The summed E-state index contributed by atoms with van der Waals surface area (Å²) >= 11 is 2.22. The number of carbonyl (C=O) groups excluding carboxylic acids is 3. The molecule has 0 aliphatic carbocycles. The minimum atomic E-state index is -4.13. The van der Waals surface area contributed by atoms with Crippen molar-refractivity contribution in [3.8, 4) is 23.6 Å². The van der Waals surface area contributed by atoms with Crippen molar-refractivity contribution in [2.45, 2.75) is 6.54 Å². The molecule has 2 aromatic carbocycles. The molecular formula is C25H20N4O6S3. The number of amides is 2. The summed E-state index contributed by atoms with van der Waals surface area (Å²) in [6.07, 6.45) is 5.45. The number of sulfone groups is 1. The number of nitrogens with zero attached hydrogens (tertiary/aromatic N) is 3. The van der Waals surface area contributed by atoms with Gasteiger partial charge in [-0.25, -0.2) is 18.2 Å². The van der Waals surface area contributed by atoms with E-state index in [1.165, 1.54) is 7.11 Å². The van der Waals surface area contributed by atoms with E-state index in [2.05, 4.69) is 21.2 Å². The maximum Gasteiger partial charge on any atom is 0.337 e. The van der Waals surface area contributed by atoms with E-state index in [0.717, 1.165) is 28.2 Å². The van der Waals surface area contributed by atoms with E-state index in [0.29, 0.717) is 21.5 Å². The lowest BCUT2D eigenvalue weighted by molar-refractivity contribution is -0.115. The molecule has 1 N–H and O–H groups in total. The van der Waals surface area contributed by atoms with E-state index in [1.54, 1.807) is 28.1 Å². The molecule has 0 spiro atoms. The number of methoxy groups -OCH3 is 1. The lowest BCUT2D eigenvalue weighted by Gasteiger charge is -2.03. The van der Waals surface area contributed by atoms with Crippen molar-refractivity contribution in [1.29, 1.82) is 0 Å². The van der Waals surface area contributed by atoms with Crippen molar-refractivity contribution >= 4 is 65.6 Å². The normalized spacial score (nSPS) is 11.7. The first kappa shape index (κ1) is 26.9. The molecule has 0 atom stereocenters. The first-order chi connectivity index (χ1) is 18.2. The van der Waals surface area contributed by atoms with Gasteiger partial charge >= 0.3 is 5.97 Å². The number of hydrogen-bond acceptors (Lipinski definition) is 9. The second-order valence-electron chi connectivity index (χ2n) is 7.84. The molecular weight excluding hydrogens is 548 g/mol. The molecule has 38 heavy (non-hydrogen) atoms. The maximum absolute atomic E-state index is 12.6. The van der Waals surface area contributed by atoms with Gasteiger partial charge in [0, 0.05) is 10.9 Å². The standard InChI is InChI=1S/C25H20N4O6S3/c1-3-11-29-19-10-9-17(23(32)35-2)12-20(19)37-25(29)28-22(31)15-38(33,34)14-21(30)27-24-26-18(13-36-24)16-7-5-4-6-8-16/h1,4-10,12-13H,11,14-15H2,2H3,(H,26,27,30). The molecule has 13 heteroatoms. The van der Waals surface area contributed by atoms with Crippen LogP contribution in [0.3, 0.4) is 0 Å². The Bertz CT molecular complexity index is 1740. The van der Waals surface area contributed by atoms with Crippen LogP contribution in [0.2, 0.25) is 0 Å². The van der Waals surface area contributed by atoms with Gasteiger partial charge in [0.05, 0.1) is 35.1 Å². The third-order valence-electron chi connectivity index (χ3n) is 5.09. The summed E-state index contributed by atoms with van der Waals surface area (Å²) in [6.45, 7) is 0.0671. The molecule has 0 fully saturated rings. The number of ether oxygens (including phenoxy) is 1. The summed E-state index contributed by atoms with van der Waals surface area (Å²) in [5.41, 5.74) is 2.42. The van der Waals surface area contributed by atoms with Crippen LogP contribution in [0.25, 0.3) is 21.5 Å². The summed E-state index contributed by atoms with van der Waals surface area (Å²) in [4.78, 5) is 45.2. The summed E-state index contributed by atoms with van der Waals surface area (Å²) in [5, 5.41) is 4.44. The third kappa shape index (κ3) is 6.41. The van der Waals surface area contributed by atoms with Gasteiger partial charge in [0.25, 0.3) is 5.91 Å². The fraction of sp³-hybridized carbons (Fsp3) is 0.160. The second-order valence-corrected chi connectivity index (χ2v) is 11.8. The monoisotopic (exact) mass is 568 g/mol. The molecule has 194 valence electrons. The van der Waals surface area contributed by atoms with Crippen molar-refractivity contribution in [3.63, 3.8) is 0 Å². The number of terminal acetylenes is 1. The van der Waals surface area contributed by atoms with Gasteiger partial charge in [0.2, 0.25) is 5.91 Å². The number of anilines is 1. The van der Waals surface area contributed by atoms with E-state index in [9.17, 15) is 22.8 Å². The number of thiazole rings is 2. The molecule has 0 saturated heterocycles. The second kappa shape index (κ2) is 11.5. The number of fused-ring (bicyclic) bond motifs is 1. The van der Waals surface area contributed by atoms with Gasteiger partial charge in [0.15, 0.2) is 19.8 Å². The molecule has 0 bridgehead atoms. The van der Waals surface area contributed by atoms with Crippen LogP contribution < -0.4 is 10.1 Å². The average molecular weight is 569 g/mol. The number of nitrogens with one attached hydrogen (secondary N) is 1. The van der Waals surface area contributed by atoms with E-state index in [4.69, 9.17) is 11.2 Å². The number of hydrogen-bond donors (Lipinski definition) is 1. The summed E-state index contributed by atoms with van der Waals surface area (Å²) < 4.78 is 32.0. The molecule has 0 radical (unpaired) electrons. The lowest BCUT2D eigenvalue weighted by Crippen LogP contribution is -2.28. The van der Waals surface area contributed by atoms with E-state index in [1.807, 2.05) is 30.3 Å². The van der Waals surface area contributed by atoms with Crippen LogP contribution in [0.1, 0.15) is 10.4 Å². The van der Waals surface area contributed by atoms with Gasteiger partial charge in [0.1, 0.15) is 11.5 Å². The highest BCUT2D eigenvalue weighted by atomic mass is 32.2. The van der Waals surface area contributed by atoms with Gasteiger partial charge in [-0.1, -0.05) is 47.6 Å². The van der Waals surface area contributed by atoms with Crippen molar-refractivity contribution in [3.05, 3.63) is 64.3 Å². The topological polar surface area (TPSA) is 137 Å². The highest BCUT2D eigenvalue weighted by Crippen LogP contribution is 2.24. The van der Waals surface area contributed by atoms with Crippen LogP contribution in [0.4, 0.5) is 5.13 Å². The molecule has 0 unspecified atom stereocenters. The first-order valence-corrected chi connectivity index (χ1v) is 14.4. The average Bonchev–Trinajstić information content (AvgIpc) is 3.47. The highest BCUT2D eigenvalue weighted by Gasteiger charge is 2.22. The van der Waals surface area contributed by atoms with Crippen LogP contribution >= 0.6 is 22.7 Å². The molecule has 2 amide bonds. The molecule has 4 aromatic rings. The largest absolute Gasteiger partial charge is 0.465 e. The Balaban J connectivity index is 1.47. The van der Waals surface area contributed by atoms with Gasteiger partial charge in [-0.15, -0.1) is 17.8 Å². The minimum Gasteiger partial charge on any atom is -0.465 e. The van der Waals surface area contributed by atoms with Crippen molar-refractivity contribution in [2.75, 3.05) is 23.9 Å². The van der Waals surface area contributed by atoms with Crippen molar-refractivity contribution < 1.29 is 27.5 Å². The zero-order valence-electron chi connectivity index (χ0n) is 19.9. The fourth-order valence-electron chi connectivity index (χ4n) is 3.45. The predicted octanol–water partition coefficient (Wildman–Crippen LogP) is 2.73. The Morgan fingerprint density at radius 1 is 1.16 bits per heavy atom. The zero-order chi connectivity index (χ0) is 27.3. The number of aromatic nitrogens is 2. The van der Waals surface area contributed by atoms with Gasteiger partial charge in [-0.3, -0.25) is 9.59 Å². The smallest absolute Gasteiger partial charge is 0.337 e. The summed E-state index contributed by atoms with van der Waals surface area (Å²) in [5.74, 6) is -1.71. The Morgan fingerprint density at radius 2 is 1.92 bits per heavy atom. The van der Waals surface area contributed by atoms with Gasteiger partial charge in [-0.05, 0) is 18.2 Å². The maximum atomic E-state index is 12.6. The Kier molecular flexibility index (Phi) is 8.16. The van der Waals surface area contributed by atoms with E-state index < -0.39 is 39.1 Å². The molecule has 2 heterocycles. The van der Waals surface area contributed by atoms with Crippen LogP contribution in [-0.4, -0.2) is 54.4 Å². The van der Waals surface area contributed by atoms with Crippen LogP contribution in [0.15, 0.2) is 58.9 Å². The Hall–Kier alpha value is -4.12. The van der Waals surface area contributed by atoms with Crippen LogP contribution in [0, 0.1) is 12.3 Å². The predicted molar refractivity (Wildman–Crippen MR) is 145 cm³/mol. The van der Waals surface area contributed by atoms with E-state index in [-0.39, 0.29) is 16.5 Å². The molecule has 10 nitrogen and oxygen atoms in total. The summed E-state index contributed by atoms with van der Waals surface area (Å²) in [7, 11) is -2.86. The number of rotatable bonds is 8. The molecule has 4 rings (SSSR count). The highest BCUT2D eigenvalue weighted by molar-refractivity contribution is 7.92. The molecule has 2 aromatic heterocycles. The van der Waals surface area contributed by atoms with Crippen LogP contribution in [0.5, 0.6) is 0 Å². The van der Waals surface area contributed by atoms with Gasteiger partial charge in [-0.2, -0.15) is 4.99 Å². The van der Waals surface area contributed by atoms with E-state index >= 15 is 0 Å². The Labute approximate surface area is 225 Å². The molecule has 0 aliphatic rings. The lowest BCUT2D eigenvalue weighted by atomic mass is 10.2. The zero-order valence-corrected chi connectivity index (χ0v) is 22.4. The number of esters is 1.